The Morgan fingerprint density at radius 3 is 2.95 bits per heavy atom. The summed E-state index contributed by atoms with van der Waals surface area (Å²) in [6.07, 6.45) is 3.92. The lowest BCUT2D eigenvalue weighted by Crippen LogP contribution is -1.95. The number of hydrogen-bond acceptors (Lipinski definition) is 3. The highest BCUT2D eigenvalue weighted by Crippen LogP contribution is 2.10. The molecule has 0 unspecified atom stereocenters. The summed E-state index contributed by atoms with van der Waals surface area (Å²) in [6, 6.07) is 6.10. The van der Waals surface area contributed by atoms with E-state index < -0.39 is 5.97 Å². The zero-order chi connectivity index (χ0) is 13.7. The van der Waals surface area contributed by atoms with Gasteiger partial charge in [-0.3, -0.25) is 4.79 Å². The van der Waals surface area contributed by atoms with Crippen molar-refractivity contribution in [2.45, 2.75) is 25.7 Å². The molecule has 19 heavy (non-hydrogen) atoms. The molecule has 0 saturated carbocycles. The van der Waals surface area contributed by atoms with Gasteiger partial charge in [-0.2, -0.15) is 0 Å². The third-order valence-electron chi connectivity index (χ3n) is 2.69. The van der Waals surface area contributed by atoms with Gasteiger partial charge in [0, 0.05) is 6.42 Å². The van der Waals surface area contributed by atoms with Crippen molar-refractivity contribution in [1.82, 2.24) is 15.0 Å². The van der Waals surface area contributed by atoms with Gasteiger partial charge in [0.1, 0.15) is 5.82 Å². The van der Waals surface area contributed by atoms with Crippen LogP contribution in [0.4, 0.5) is 4.39 Å². The summed E-state index contributed by atoms with van der Waals surface area (Å²) < 4.78 is 14.6. The number of carbonyl (C=O) groups is 1. The van der Waals surface area contributed by atoms with Crippen molar-refractivity contribution in [1.29, 1.82) is 0 Å². The van der Waals surface area contributed by atoms with E-state index in [0.717, 1.165) is 12.1 Å². The summed E-state index contributed by atoms with van der Waals surface area (Å²) >= 11 is 0. The highest BCUT2D eigenvalue weighted by Gasteiger charge is 2.04. The normalized spacial score (nSPS) is 10.6. The first-order chi connectivity index (χ1) is 9.15. The summed E-state index contributed by atoms with van der Waals surface area (Å²) in [5.41, 5.74) is 1.39. The van der Waals surface area contributed by atoms with Crippen molar-refractivity contribution < 1.29 is 14.3 Å². The maximum atomic E-state index is 13.1. The van der Waals surface area contributed by atoms with E-state index in [2.05, 4.69) is 10.3 Å². The maximum absolute atomic E-state index is 13.1. The monoisotopic (exact) mass is 263 g/mol. The van der Waals surface area contributed by atoms with Crippen LogP contribution in [-0.2, 0) is 11.2 Å². The van der Waals surface area contributed by atoms with Gasteiger partial charge in [0.05, 0.1) is 17.6 Å². The van der Waals surface area contributed by atoms with Crippen molar-refractivity contribution in [3.8, 4) is 5.69 Å². The third kappa shape index (κ3) is 3.87. The molecular formula is C13H14FN3O2. The van der Waals surface area contributed by atoms with E-state index in [1.165, 1.54) is 16.8 Å². The van der Waals surface area contributed by atoms with Crippen LogP contribution >= 0.6 is 0 Å². The number of aliphatic carboxylic acids is 1. The van der Waals surface area contributed by atoms with Gasteiger partial charge in [0.2, 0.25) is 0 Å². The quantitative estimate of drug-likeness (QED) is 0.811. The lowest BCUT2D eigenvalue weighted by molar-refractivity contribution is -0.137. The molecule has 0 aliphatic carbocycles. The highest BCUT2D eigenvalue weighted by atomic mass is 19.1. The minimum Gasteiger partial charge on any atom is -0.481 e. The van der Waals surface area contributed by atoms with E-state index in [4.69, 9.17) is 5.11 Å². The number of carboxylic acids is 1. The summed E-state index contributed by atoms with van der Waals surface area (Å²) in [5, 5.41) is 16.4. The number of carboxylic acid groups (broad SMARTS) is 1. The second-order valence-electron chi connectivity index (χ2n) is 4.24. The largest absolute Gasteiger partial charge is 0.481 e. The van der Waals surface area contributed by atoms with Gasteiger partial charge in [-0.05, 0) is 37.5 Å². The molecule has 5 nitrogen and oxygen atoms in total. The standard InChI is InChI=1S/C13H14FN3O2/c14-10-4-3-6-12(8-10)17-9-11(15-16-17)5-1-2-7-13(18)19/h3-4,6,8-9H,1-2,5,7H2,(H,18,19). The van der Waals surface area contributed by atoms with Crippen molar-refractivity contribution in [2.24, 2.45) is 0 Å². The molecule has 1 aromatic heterocycles. The molecule has 0 radical (unpaired) electrons. The van der Waals surface area contributed by atoms with Gasteiger partial charge in [-0.25, -0.2) is 9.07 Å². The molecule has 6 heteroatoms. The van der Waals surface area contributed by atoms with Gasteiger partial charge >= 0.3 is 5.97 Å². The van der Waals surface area contributed by atoms with Crippen molar-refractivity contribution >= 4 is 5.97 Å². The van der Waals surface area contributed by atoms with Gasteiger partial charge in [0.25, 0.3) is 0 Å². The average Bonchev–Trinajstić information content (AvgIpc) is 2.83. The van der Waals surface area contributed by atoms with Crippen molar-refractivity contribution in [2.75, 3.05) is 0 Å². The van der Waals surface area contributed by atoms with Crippen molar-refractivity contribution in [3.05, 3.63) is 42.0 Å². The van der Waals surface area contributed by atoms with E-state index in [-0.39, 0.29) is 12.2 Å². The number of hydrogen-bond donors (Lipinski definition) is 1. The average molecular weight is 263 g/mol. The van der Waals surface area contributed by atoms with Gasteiger partial charge in [-0.15, -0.1) is 5.10 Å². The molecule has 0 bridgehead atoms. The topological polar surface area (TPSA) is 68.0 Å². The molecule has 0 saturated heterocycles. The first-order valence-electron chi connectivity index (χ1n) is 6.04. The fraction of sp³-hybridized carbons (Fsp3) is 0.308. The molecule has 0 spiro atoms. The lowest BCUT2D eigenvalue weighted by atomic mass is 10.1. The Morgan fingerprint density at radius 2 is 2.21 bits per heavy atom. The minimum absolute atomic E-state index is 0.165. The number of aryl methyl sites for hydroxylation is 1. The molecule has 0 amide bonds. The molecular weight excluding hydrogens is 249 g/mol. The first-order valence-corrected chi connectivity index (χ1v) is 6.04. The van der Waals surface area contributed by atoms with E-state index in [0.29, 0.717) is 18.5 Å². The molecule has 100 valence electrons. The van der Waals surface area contributed by atoms with Gasteiger partial charge in [0.15, 0.2) is 0 Å². The van der Waals surface area contributed by atoms with Crippen LogP contribution in [0.25, 0.3) is 5.69 Å². The van der Waals surface area contributed by atoms with Crippen LogP contribution in [0, 0.1) is 5.82 Å². The van der Waals surface area contributed by atoms with Gasteiger partial charge in [-0.1, -0.05) is 11.3 Å². The Balaban J connectivity index is 1.94. The zero-order valence-electron chi connectivity index (χ0n) is 10.3. The molecule has 2 rings (SSSR count). The van der Waals surface area contributed by atoms with Crippen LogP contribution in [0.15, 0.2) is 30.5 Å². The molecule has 1 aromatic carbocycles. The predicted octanol–water partition coefficient (Wildman–Crippen LogP) is 2.20. The van der Waals surface area contributed by atoms with Crippen LogP contribution in [0.5, 0.6) is 0 Å². The summed E-state index contributed by atoms with van der Waals surface area (Å²) in [5.74, 6) is -1.11. The van der Waals surface area contributed by atoms with E-state index in [1.54, 1.807) is 18.3 Å². The Kier molecular flexibility index (Phi) is 4.22. The maximum Gasteiger partial charge on any atom is 0.303 e. The number of aromatic nitrogens is 3. The minimum atomic E-state index is -0.789. The molecule has 1 heterocycles. The third-order valence-corrected chi connectivity index (χ3v) is 2.69. The Labute approximate surface area is 109 Å². The van der Waals surface area contributed by atoms with Crippen LogP contribution in [-0.4, -0.2) is 26.1 Å². The number of unbranched alkanes of at least 4 members (excludes halogenated alkanes) is 1. The van der Waals surface area contributed by atoms with Crippen LogP contribution < -0.4 is 0 Å². The smallest absolute Gasteiger partial charge is 0.303 e. The summed E-state index contributed by atoms with van der Waals surface area (Å²) in [4.78, 5) is 10.4. The Morgan fingerprint density at radius 1 is 1.37 bits per heavy atom. The SMILES string of the molecule is O=C(O)CCCCc1cn(-c2cccc(F)c2)nn1. The Bertz CT molecular complexity index is 569. The van der Waals surface area contributed by atoms with Crippen LogP contribution in [0.2, 0.25) is 0 Å². The first kappa shape index (κ1) is 13.2. The fourth-order valence-corrected chi connectivity index (χ4v) is 1.74. The Hall–Kier alpha value is -2.24. The highest BCUT2D eigenvalue weighted by molar-refractivity contribution is 5.66. The predicted molar refractivity (Wildman–Crippen MR) is 66.5 cm³/mol. The molecule has 0 aliphatic rings. The number of benzene rings is 1. The molecule has 1 N–H and O–H groups in total. The van der Waals surface area contributed by atoms with E-state index in [9.17, 15) is 9.18 Å². The van der Waals surface area contributed by atoms with Crippen LogP contribution in [0.1, 0.15) is 25.0 Å². The second kappa shape index (κ2) is 6.08. The summed E-state index contributed by atoms with van der Waals surface area (Å²) in [6.45, 7) is 0. The summed E-state index contributed by atoms with van der Waals surface area (Å²) in [7, 11) is 0. The molecule has 0 aliphatic heterocycles. The van der Waals surface area contributed by atoms with Crippen molar-refractivity contribution in [3.63, 3.8) is 0 Å². The molecule has 0 atom stereocenters. The second-order valence-corrected chi connectivity index (χ2v) is 4.24. The molecule has 0 fully saturated rings. The lowest BCUT2D eigenvalue weighted by Gasteiger charge is -1.98. The van der Waals surface area contributed by atoms with Gasteiger partial charge < -0.3 is 5.11 Å². The fourth-order valence-electron chi connectivity index (χ4n) is 1.74. The number of rotatable bonds is 6. The molecule has 2 aromatic rings. The number of halogens is 1. The van der Waals surface area contributed by atoms with Crippen LogP contribution in [0.3, 0.4) is 0 Å². The number of nitrogens with zero attached hydrogens (tertiary/aromatic N) is 3. The van der Waals surface area contributed by atoms with E-state index >= 15 is 0 Å². The zero-order valence-corrected chi connectivity index (χ0v) is 10.3. The van der Waals surface area contributed by atoms with E-state index in [1.807, 2.05) is 0 Å².